The molecule has 4 nitrogen and oxygen atoms in total. The Morgan fingerprint density at radius 1 is 1.44 bits per heavy atom. The highest BCUT2D eigenvalue weighted by molar-refractivity contribution is 8.14. The predicted octanol–water partition coefficient (Wildman–Crippen LogP) is 2.48. The van der Waals surface area contributed by atoms with Crippen molar-refractivity contribution in [2.24, 2.45) is 0 Å². The molecule has 1 aromatic carbocycles. The number of nitrogens with one attached hydrogen (secondary N) is 1. The molecular weight excluding hydrogens is 272 g/mol. The molecule has 96 valence electrons. The van der Waals surface area contributed by atoms with Gasteiger partial charge in [-0.25, -0.2) is 8.42 Å². The van der Waals surface area contributed by atoms with Crippen LogP contribution in [-0.2, 0) is 15.5 Å². The van der Waals surface area contributed by atoms with Crippen LogP contribution in [0.25, 0.3) is 10.9 Å². The van der Waals surface area contributed by atoms with Crippen LogP contribution in [0.3, 0.4) is 0 Å². The van der Waals surface area contributed by atoms with Crippen molar-refractivity contribution in [3.63, 3.8) is 0 Å². The van der Waals surface area contributed by atoms with Gasteiger partial charge in [0.1, 0.15) is 4.90 Å². The molecule has 18 heavy (non-hydrogen) atoms. The van der Waals surface area contributed by atoms with Crippen molar-refractivity contribution in [1.29, 1.82) is 0 Å². The van der Waals surface area contributed by atoms with Crippen LogP contribution in [0.2, 0.25) is 0 Å². The number of rotatable bonds is 1. The van der Waals surface area contributed by atoms with Gasteiger partial charge in [0.2, 0.25) is 0 Å². The highest BCUT2D eigenvalue weighted by atomic mass is 35.7. The Balaban J connectivity index is 2.48. The first-order valence-corrected chi connectivity index (χ1v) is 8.08. The molecule has 0 saturated heterocycles. The Morgan fingerprint density at radius 2 is 2.22 bits per heavy atom. The summed E-state index contributed by atoms with van der Waals surface area (Å²) in [4.78, 5) is 5.15. The normalized spacial score (nSPS) is 16.0. The minimum Gasteiger partial charge on any atom is -0.373 e. The van der Waals surface area contributed by atoms with Gasteiger partial charge in [-0.2, -0.15) is 0 Å². The Kier molecular flexibility index (Phi) is 2.57. The fourth-order valence-electron chi connectivity index (χ4n) is 2.68. The average molecular weight is 285 g/mol. The van der Waals surface area contributed by atoms with Crippen LogP contribution in [0.4, 0.5) is 5.69 Å². The molecule has 3 rings (SSSR count). The highest BCUT2D eigenvalue weighted by Gasteiger charge is 2.27. The Morgan fingerprint density at radius 3 is 2.94 bits per heavy atom. The number of benzene rings is 1. The number of H-pyrrole nitrogens is 1. The van der Waals surface area contributed by atoms with E-state index < -0.39 is 9.05 Å². The summed E-state index contributed by atoms with van der Waals surface area (Å²) in [7, 11) is 3.75. The molecule has 0 saturated carbocycles. The number of aromatic nitrogens is 1. The molecule has 0 spiro atoms. The topological polar surface area (TPSA) is 53.2 Å². The molecule has 0 unspecified atom stereocenters. The zero-order chi connectivity index (χ0) is 12.9. The van der Waals surface area contributed by atoms with Gasteiger partial charge in [0.15, 0.2) is 0 Å². The molecule has 2 heterocycles. The first-order chi connectivity index (χ1) is 8.48. The van der Waals surface area contributed by atoms with Gasteiger partial charge < -0.3 is 9.88 Å². The van der Waals surface area contributed by atoms with Gasteiger partial charge >= 0.3 is 0 Å². The van der Waals surface area contributed by atoms with Gasteiger partial charge in [-0.1, -0.05) is 0 Å². The smallest absolute Gasteiger partial charge is 0.265 e. The fourth-order valence-corrected chi connectivity index (χ4v) is 4.07. The highest BCUT2D eigenvalue weighted by Crippen LogP contribution is 2.39. The van der Waals surface area contributed by atoms with Crippen molar-refractivity contribution in [3.05, 3.63) is 23.9 Å². The lowest BCUT2D eigenvalue weighted by Gasteiger charge is -2.29. The van der Waals surface area contributed by atoms with Crippen molar-refractivity contribution >= 4 is 36.3 Å². The lowest BCUT2D eigenvalue weighted by Crippen LogP contribution is -2.26. The largest absolute Gasteiger partial charge is 0.373 e. The van der Waals surface area contributed by atoms with Crippen LogP contribution in [0.5, 0.6) is 0 Å². The molecule has 0 atom stereocenters. The Hall–Kier alpha value is -1.20. The Labute approximate surface area is 110 Å². The van der Waals surface area contributed by atoms with Gasteiger partial charge in [0.25, 0.3) is 9.05 Å². The maximum atomic E-state index is 11.9. The zero-order valence-electron chi connectivity index (χ0n) is 9.90. The molecule has 1 N–H and O–H groups in total. The summed E-state index contributed by atoms with van der Waals surface area (Å²) in [6.07, 6.45) is 3.66. The molecule has 0 fully saturated rings. The number of fused-ring (bicyclic) bond motifs is 2. The van der Waals surface area contributed by atoms with Crippen LogP contribution >= 0.6 is 10.7 Å². The van der Waals surface area contributed by atoms with E-state index in [-0.39, 0.29) is 4.90 Å². The molecule has 1 aliphatic heterocycles. The number of hydrogen-bond acceptors (Lipinski definition) is 3. The summed E-state index contributed by atoms with van der Waals surface area (Å²) in [5.74, 6) is 0. The van der Waals surface area contributed by atoms with Crippen molar-refractivity contribution in [2.75, 3.05) is 18.5 Å². The van der Waals surface area contributed by atoms with Crippen LogP contribution in [0.15, 0.2) is 23.2 Å². The number of hydrogen-bond donors (Lipinski definition) is 1. The minimum absolute atomic E-state index is 0.212. The van der Waals surface area contributed by atoms with Crippen molar-refractivity contribution < 1.29 is 8.42 Å². The number of halogens is 1. The number of aryl methyl sites for hydroxylation is 1. The van der Waals surface area contributed by atoms with Gasteiger partial charge in [0, 0.05) is 35.9 Å². The third-order valence-corrected chi connectivity index (χ3v) is 4.77. The van der Waals surface area contributed by atoms with E-state index in [2.05, 4.69) is 4.98 Å². The summed E-state index contributed by atoms with van der Waals surface area (Å²) in [5.41, 5.74) is 2.39. The molecule has 6 heteroatoms. The van der Waals surface area contributed by atoms with E-state index >= 15 is 0 Å². The van der Waals surface area contributed by atoms with E-state index in [1.54, 1.807) is 6.20 Å². The Bertz CT molecular complexity index is 721. The number of aromatic amines is 1. The second-order valence-electron chi connectivity index (χ2n) is 4.62. The predicted molar refractivity (Wildman–Crippen MR) is 72.9 cm³/mol. The average Bonchev–Trinajstić information content (AvgIpc) is 2.72. The SMILES string of the molecule is CN1CCCc2cc3cc[nH]c3c(S(=O)(=O)Cl)c21. The summed E-state index contributed by atoms with van der Waals surface area (Å²) < 4.78 is 23.8. The lowest BCUT2D eigenvalue weighted by atomic mass is 10.0. The van der Waals surface area contributed by atoms with Crippen LogP contribution in [0, 0.1) is 0 Å². The van der Waals surface area contributed by atoms with Gasteiger partial charge in [0.05, 0.1) is 11.2 Å². The first kappa shape index (κ1) is 11.9. The van der Waals surface area contributed by atoms with Crippen LogP contribution < -0.4 is 4.90 Å². The van der Waals surface area contributed by atoms with E-state index in [0.29, 0.717) is 5.52 Å². The van der Waals surface area contributed by atoms with E-state index in [0.717, 1.165) is 36.0 Å². The lowest BCUT2D eigenvalue weighted by molar-refractivity contribution is 0.609. The molecule has 2 aromatic rings. The monoisotopic (exact) mass is 284 g/mol. The quantitative estimate of drug-likeness (QED) is 0.819. The molecule has 0 radical (unpaired) electrons. The third-order valence-electron chi connectivity index (χ3n) is 3.42. The summed E-state index contributed by atoms with van der Waals surface area (Å²) in [6.45, 7) is 0.846. The van der Waals surface area contributed by atoms with Crippen LogP contribution in [0.1, 0.15) is 12.0 Å². The minimum atomic E-state index is -3.77. The van der Waals surface area contributed by atoms with Gasteiger partial charge in [-0.15, -0.1) is 0 Å². The van der Waals surface area contributed by atoms with E-state index in [1.807, 2.05) is 24.1 Å². The van der Waals surface area contributed by atoms with E-state index in [4.69, 9.17) is 10.7 Å². The van der Waals surface area contributed by atoms with Crippen molar-refractivity contribution in [2.45, 2.75) is 17.7 Å². The summed E-state index contributed by atoms with van der Waals surface area (Å²) >= 11 is 0. The fraction of sp³-hybridized carbons (Fsp3) is 0.333. The van der Waals surface area contributed by atoms with Crippen LogP contribution in [-0.4, -0.2) is 27.0 Å². The maximum Gasteiger partial charge on any atom is 0.265 e. The van der Waals surface area contributed by atoms with Crippen molar-refractivity contribution in [1.82, 2.24) is 4.98 Å². The zero-order valence-corrected chi connectivity index (χ0v) is 11.5. The second-order valence-corrected chi connectivity index (χ2v) is 7.12. The van der Waals surface area contributed by atoms with Gasteiger partial charge in [-0.3, -0.25) is 0 Å². The first-order valence-electron chi connectivity index (χ1n) is 5.77. The van der Waals surface area contributed by atoms with Crippen molar-refractivity contribution in [3.8, 4) is 0 Å². The van der Waals surface area contributed by atoms with E-state index in [1.165, 1.54) is 0 Å². The number of anilines is 1. The molecule has 1 aromatic heterocycles. The number of nitrogens with zero attached hydrogens (tertiary/aromatic N) is 1. The van der Waals surface area contributed by atoms with E-state index in [9.17, 15) is 8.42 Å². The third kappa shape index (κ3) is 1.69. The molecule has 0 aliphatic carbocycles. The van der Waals surface area contributed by atoms with Gasteiger partial charge in [-0.05, 0) is 30.5 Å². The molecule has 0 amide bonds. The summed E-state index contributed by atoms with van der Waals surface area (Å²) in [5, 5.41) is 0.892. The molecule has 1 aliphatic rings. The summed E-state index contributed by atoms with van der Waals surface area (Å²) in [6, 6.07) is 3.91. The molecular formula is C12H13ClN2O2S. The standard InChI is InChI=1S/C12H13ClN2O2S/c1-15-6-2-3-9-7-8-4-5-14-10(8)12(11(9)15)18(13,16)17/h4-5,7,14H,2-3,6H2,1H3. The second kappa shape index (κ2) is 3.90. The molecule has 0 bridgehead atoms. The maximum absolute atomic E-state index is 11.9.